The van der Waals surface area contributed by atoms with E-state index in [1.165, 1.54) is 0 Å². The van der Waals surface area contributed by atoms with Gasteiger partial charge in [-0.15, -0.1) is 0 Å². The van der Waals surface area contributed by atoms with E-state index in [0.717, 1.165) is 22.3 Å². The van der Waals surface area contributed by atoms with Gasteiger partial charge in [0.15, 0.2) is 0 Å². The molecule has 1 aliphatic heterocycles. The molecule has 1 heterocycles. The van der Waals surface area contributed by atoms with Gasteiger partial charge in [-0.1, -0.05) is 121 Å². The van der Waals surface area contributed by atoms with E-state index in [-0.39, 0.29) is 13.0 Å². The summed E-state index contributed by atoms with van der Waals surface area (Å²) in [5.74, 6) is -0.837. The fraction of sp³-hybridized carbons (Fsp3) is 0.342. The zero-order chi connectivity index (χ0) is 31.1. The number of carboxylic acid groups (broad SMARTS) is 1. The van der Waals surface area contributed by atoms with Crippen molar-refractivity contribution in [3.05, 3.63) is 144 Å². The highest BCUT2D eigenvalue weighted by atomic mass is 16.6. The van der Waals surface area contributed by atoms with Crippen molar-refractivity contribution < 1.29 is 33.6 Å². The quantitative estimate of drug-likeness (QED) is 0.138. The summed E-state index contributed by atoms with van der Waals surface area (Å²) in [6.45, 7) is 1.79. The van der Waals surface area contributed by atoms with Gasteiger partial charge in [0.25, 0.3) is 0 Å². The molecule has 0 amide bonds. The highest BCUT2D eigenvalue weighted by Crippen LogP contribution is 2.33. The van der Waals surface area contributed by atoms with Crippen LogP contribution in [0.4, 0.5) is 0 Å². The summed E-state index contributed by atoms with van der Waals surface area (Å²) in [6, 6.07) is 40.0. The van der Waals surface area contributed by atoms with Gasteiger partial charge in [-0.05, 0) is 35.1 Å². The average molecular weight is 611 g/mol. The molecule has 236 valence electrons. The molecule has 1 aliphatic rings. The molecule has 45 heavy (non-hydrogen) atoms. The molecule has 7 nitrogen and oxygen atoms in total. The molecule has 0 unspecified atom stereocenters. The molecular weight excluding hydrogens is 568 g/mol. The van der Waals surface area contributed by atoms with Crippen LogP contribution >= 0.6 is 0 Å². The number of benzene rings is 4. The van der Waals surface area contributed by atoms with Gasteiger partial charge in [-0.3, -0.25) is 4.79 Å². The van der Waals surface area contributed by atoms with Gasteiger partial charge < -0.3 is 28.8 Å². The molecule has 0 saturated carbocycles. The lowest BCUT2D eigenvalue weighted by atomic mass is 9.91. The number of carboxylic acids is 1. The molecule has 1 N–H and O–H groups in total. The standard InChI is InChI=1S/C38H42O7/c39-35(40)23-13-22-33-36(42-25-30-16-7-2-8-17-30)38(44-27-32-20-11-4-12-21-32)37(43-26-31-18-9-3-10-19-31)34(45-33)28-41-24-29-14-5-1-6-15-29/h1-12,14-21,33-34,36-38H,13,22-28H2,(H,39,40)/t33-,34+,36-,37-,38+/m0/s1. The molecule has 1 saturated heterocycles. The number of carbonyl (C=O) groups is 1. The zero-order valence-corrected chi connectivity index (χ0v) is 25.5. The SMILES string of the molecule is O=C(O)CCC[C@@H]1O[C@H](COCc2ccccc2)[C@H](OCc2ccccc2)[C@H](OCc2ccccc2)[C@H]1OCc1ccccc1. The number of hydrogen-bond donors (Lipinski definition) is 1. The lowest BCUT2D eigenvalue weighted by Gasteiger charge is -2.46. The van der Waals surface area contributed by atoms with Gasteiger partial charge in [0.1, 0.15) is 24.4 Å². The van der Waals surface area contributed by atoms with Gasteiger partial charge in [0.2, 0.25) is 0 Å². The Balaban J connectivity index is 1.42. The van der Waals surface area contributed by atoms with Crippen molar-refractivity contribution in [2.45, 2.75) is 76.2 Å². The second kappa shape index (κ2) is 17.6. The minimum atomic E-state index is -0.837. The lowest BCUT2D eigenvalue weighted by molar-refractivity contribution is -0.273. The van der Waals surface area contributed by atoms with E-state index < -0.39 is 36.5 Å². The Kier molecular flexibility index (Phi) is 12.7. The van der Waals surface area contributed by atoms with Crippen molar-refractivity contribution in [1.29, 1.82) is 0 Å². The summed E-state index contributed by atoms with van der Waals surface area (Å²) in [5.41, 5.74) is 4.16. The van der Waals surface area contributed by atoms with Crippen LogP contribution in [0.15, 0.2) is 121 Å². The minimum absolute atomic E-state index is 0.0455. The molecule has 0 aliphatic carbocycles. The Hall–Kier alpha value is -3.85. The zero-order valence-electron chi connectivity index (χ0n) is 25.5. The molecule has 1 fully saturated rings. The Morgan fingerprint density at radius 1 is 0.556 bits per heavy atom. The molecule has 5 atom stereocenters. The Morgan fingerprint density at radius 2 is 0.956 bits per heavy atom. The molecular formula is C38H42O7. The van der Waals surface area contributed by atoms with Crippen LogP contribution in [0.1, 0.15) is 41.5 Å². The van der Waals surface area contributed by atoms with Crippen LogP contribution in [0.5, 0.6) is 0 Å². The third-order valence-corrected chi connectivity index (χ3v) is 7.86. The second-order valence-electron chi connectivity index (χ2n) is 11.3. The highest BCUT2D eigenvalue weighted by molar-refractivity contribution is 5.66. The largest absolute Gasteiger partial charge is 0.481 e. The lowest BCUT2D eigenvalue weighted by Crippen LogP contribution is -2.61. The summed E-state index contributed by atoms with van der Waals surface area (Å²) in [5, 5.41) is 9.38. The van der Waals surface area contributed by atoms with Gasteiger partial charge >= 0.3 is 5.97 Å². The molecule has 4 aromatic carbocycles. The smallest absolute Gasteiger partial charge is 0.303 e. The predicted octanol–water partition coefficient (Wildman–Crippen LogP) is 6.98. The van der Waals surface area contributed by atoms with Crippen molar-refractivity contribution in [3.8, 4) is 0 Å². The first kappa shape index (κ1) is 32.5. The normalized spacial score (nSPS) is 21.4. The summed E-state index contributed by atoms with van der Waals surface area (Å²) in [6.07, 6.45) is -1.42. The van der Waals surface area contributed by atoms with E-state index >= 15 is 0 Å². The van der Waals surface area contributed by atoms with Crippen LogP contribution in [0, 0.1) is 0 Å². The van der Waals surface area contributed by atoms with E-state index in [1.807, 2.05) is 121 Å². The van der Waals surface area contributed by atoms with Crippen LogP contribution in [0.3, 0.4) is 0 Å². The van der Waals surface area contributed by atoms with Crippen LogP contribution in [0.2, 0.25) is 0 Å². The molecule has 0 bridgehead atoms. The molecule has 7 heteroatoms. The van der Waals surface area contributed by atoms with Crippen LogP contribution < -0.4 is 0 Å². The fourth-order valence-corrected chi connectivity index (χ4v) is 5.57. The van der Waals surface area contributed by atoms with Gasteiger partial charge in [0.05, 0.1) is 39.1 Å². The number of aliphatic carboxylic acids is 1. The van der Waals surface area contributed by atoms with Gasteiger partial charge in [-0.25, -0.2) is 0 Å². The second-order valence-corrected chi connectivity index (χ2v) is 11.3. The summed E-state index contributed by atoms with van der Waals surface area (Å²) in [4.78, 5) is 11.4. The third-order valence-electron chi connectivity index (χ3n) is 7.86. The highest BCUT2D eigenvalue weighted by Gasteiger charge is 2.48. The molecule has 0 aromatic heterocycles. The van der Waals surface area contributed by atoms with Crippen molar-refractivity contribution in [1.82, 2.24) is 0 Å². The maximum atomic E-state index is 11.4. The maximum Gasteiger partial charge on any atom is 0.303 e. The van der Waals surface area contributed by atoms with E-state index in [1.54, 1.807) is 0 Å². The molecule has 0 radical (unpaired) electrons. The first-order valence-corrected chi connectivity index (χ1v) is 15.6. The van der Waals surface area contributed by atoms with Crippen molar-refractivity contribution in [2.75, 3.05) is 6.61 Å². The topological polar surface area (TPSA) is 83.5 Å². The predicted molar refractivity (Wildman–Crippen MR) is 171 cm³/mol. The van der Waals surface area contributed by atoms with E-state index in [4.69, 9.17) is 23.7 Å². The minimum Gasteiger partial charge on any atom is -0.481 e. The molecule has 4 aromatic rings. The van der Waals surface area contributed by atoms with Gasteiger partial charge in [-0.2, -0.15) is 0 Å². The van der Waals surface area contributed by atoms with Gasteiger partial charge in [0, 0.05) is 6.42 Å². The third kappa shape index (κ3) is 10.3. The summed E-state index contributed by atoms with van der Waals surface area (Å²) in [7, 11) is 0. The number of ether oxygens (including phenoxy) is 5. The Morgan fingerprint density at radius 3 is 1.40 bits per heavy atom. The monoisotopic (exact) mass is 610 g/mol. The first-order valence-electron chi connectivity index (χ1n) is 15.6. The first-order chi connectivity index (χ1) is 22.2. The average Bonchev–Trinajstić information content (AvgIpc) is 3.08. The van der Waals surface area contributed by atoms with Crippen molar-refractivity contribution in [3.63, 3.8) is 0 Å². The van der Waals surface area contributed by atoms with Crippen LogP contribution in [-0.2, 0) is 54.9 Å². The molecule has 5 rings (SSSR count). The molecule has 0 spiro atoms. The Labute approximate surface area is 265 Å². The van der Waals surface area contributed by atoms with Crippen molar-refractivity contribution >= 4 is 5.97 Å². The maximum absolute atomic E-state index is 11.4. The summed E-state index contributed by atoms with van der Waals surface area (Å²) >= 11 is 0. The van der Waals surface area contributed by atoms with Crippen LogP contribution in [0.25, 0.3) is 0 Å². The van der Waals surface area contributed by atoms with E-state index in [2.05, 4.69) is 0 Å². The van der Waals surface area contributed by atoms with Crippen LogP contribution in [-0.4, -0.2) is 48.2 Å². The van der Waals surface area contributed by atoms with E-state index in [0.29, 0.717) is 39.3 Å². The Bertz CT molecular complexity index is 1390. The number of rotatable bonds is 17. The summed E-state index contributed by atoms with van der Waals surface area (Å²) < 4.78 is 33.0. The fourth-order valence-electron chi connectivity index (χ4n) is 5.57. The van der Waals surface area contributed by atoms with Crippen molar-refractivity contribution in [2.24, 2.45) is 0 Å². The number of hydrogen-bond acceptors (Lipinski definition) is 6. The van der Waals surface area contributed by atoms with E-state index in [9.17, 15) is 9.90 Å².